The summed E-state index contributed by atoms with van der Waals surface area (Å²) >= 11 is 0. The highest BCUT2D eigenvalue weighted by molar-refractivity contribution is 5.88. The third-order valence-corrected chi connectivity index (χ3v) is 3.99. The van der Waals surface area contributed by atoms with E-state index in [4.69, 9.17) is 5.11 Å². The minimum absolute atomic E-state index is 0.0419. The van der Waals surface area contributed by atoms with Crippen LogP contribution >= 0.6 is 0 Å². The minimum Gasteiger partial charge on any atom is -0.480 e. The van der Waals surface area contributed by atoms with E-state index in [0.29, 0.717) is 0 Å². The summed E-state index contributed by atoms with van der Waals surface area (Å²) < 4.78 is 0. The Balaban J connectivity index is 1.89. The number of carboxylic acids is 1. The molecule has 7 nitrogen and oxygen atoms in total. The molecule has 0 bridgehead atoms. The molecule has 3 amide bonds. The van der Waals surface area contributed by atoms with Crippen molar-refractivity contribution in [2.24, 2.45) is 0 Å². The monoisotopic (exact) mass is 297 g/mol. The first-order valence-electron chi connectivity index (χ1n) is 7.56. The van der Waals surface area contributed by atoms with Crippen LogP contribution in [0.3, 0.4) is 0 Å². The van der Waals surface area contributed by atoms with E-state index >= 15 is 0 Å². The van der Waals surface area contributed by atoms with E-state index in [9.17, 15) is 14.4 Å². The highest BCUT2D eigenvalue weighted by Crippen LogP contribution is 2.23. The molecule has 0 aliphatic heterocycles. The fourth-order valence-electron chi connectivity index (χ4n) is 2.62. The van der Waals surface area contributed by atoms with Crippen molar-refractivity contribution in [2.45, 2.75) is 63.6 Å². The van der Waals surface area contributed by atoms with Crippen molar-refractivity contribution in [1.82, 2.24) is 15.5 Å². The van der Waals surface area contributed by atoms with Crippen LogP contribution < -0.4 is 10.6 Å². The number of aliphatic carboxylic acids is 1. The van der Waals surface area contributed by atoms with E-state index in [1.165, 1.54) is 4.90 Å². The molecule has 3 N–H and O–H groups in total. The van der Waals surface area contributed by atoms with Crippen LogP contribution in [0.15, 0.2) is 0 Å². The second kappa shape index (κ2) is 6.78. The molecule has 2 fully saturated rings. The van der Waals surface area contributed by atoms with Crippen molar-refractivity contribution in [3.63, 3.8) is 0 Å². The number of hydrogen-bond acceptors (Lipinski definition) is 3. The zero-order valence-electron chi connectivity index (χ0n) is 12.3. The number of nitrogens with zero attached hydrogens (tertiary/aromatic N) is 1. The largest absolute Gasteiger partial charge is 0.480 e. The molecule has 118 valence electrons. The maximum absolute atomic E-state index is 12.3. The smallest absolute Gasteiger partial charge is 0.323 e. The highest BCUT2D eigenvalue weighted by Gasteiger charge is 2.31. The molecule has 0 aromatic heterocycles. The molecular formula is C14H23N3O4. The lowest BCUT2D eigenvalue weighted by Crippen LogP contribution is -2.53. The third-order valence-electron chi connectivity index (χ3n) is 3.99. The third kappa shape index (κ3) is 4.61. The number of carbonyl (C=O) groups excluding carboxylic acids is 2. The van der Waals surface area contributed by atoms with Gasteiger partial charge >= 0.3 is 12.0 Å². The quantitative estimate of drug-likeness (QED) is 0.672. The standard InChI is InChI=1S/C14H23N3O4/c1-9(13(20)16-10-6-7-10)15-14(21)17(8-12(18)19)11-4-2-3-5-11/h9-11H,2-8H2,1H3,(H,15,21)(H,16,20)(H,18,19). The van der Waals surface area contributed by atoms with Gasteiger partial charge in [-0.2, -0.15) is 0 Å². The maximum atomic E-state index is 12.3. The normalized spacial score (nSPS) is 19.9. The topological polar surface area (TPSA) is 98.7 Å². The van der Waals surface area contributed by atoms with Gasteiger partial charge in [-0.25, -0.2) is 4.79 Å². The Labute approximate surface area is 124 Å². The van der Waals surface area contributed by atoms with Crippen LogP contribution in [0.2, 0.25) is 0 Å². The summed E-state index contributed by atoms with van der Waals surface area (Å²) in [5.41, 5.74) is 0. The van der Waals surface area contributed by atoms with Gasteiger partial charge in [0.15, 0.2) is 0 Å². The van der Waals surface area contributed by atoms with E-state index in [1.54, 1.807) is 6.92 Å². The molecule has 0 heterocycles. The fraction of sp³-hybridized carbons (Fsp3) is 0.786. The summed E-state index contributed by atoms with van der Waals surface area (Å²) in [6.45, 7) is 1.29. The average Bonchev–Trinajstić information content (AvgIpc) is 3.06. The molecule has 0 saturated heterocycles. The van der Waals surface area contributed by atoms with Gasteiger partial charge in [-0.3, -0.25) is 9.59 Å². The first kappa shape index (κ1) is 15.6. The Morgan fingerprint density at radius 2 is 1.81 bits per heavy atom. The number of nitrogens with one attached hydrogen (secondary N) is 2. The van der Waals surface area contributed by atoms with Gasteiger partial charge in [-0.05, 0) is 32.6 Å². The summed E-state index contributed by atoms with van der Waals surface area (Å²) in [5.74, 6) is -1.25. The second-order valence-corrected chi connectivity index (χ2v) is 5.91. The van der Waals surface area contributed by atoms with Crippen LogP contribution in [0.25, 0.3) is 0 Å². The van der Waals surface area contributed by atoms with Gasteiger partial charge in [-0.1, -0.05) is 12.8 Å². The summed E-state index contributed by atoms with van der Waals surface area (Å²) in [6, 6.07) is -0.930. The van der Waals surface area contributed by atoms with Crippen LogP contribution in [-0.4, -0.2) is 52.6 Å². The van der Waals surface area contributed by atoms with Gasteiger partial charge in [0.05, 0.1) is 0 Å². The van der Waals surface area contributed by atoms with Crippen LogP contribution in [0.1, 0.15) is 45.4 Å². The molecule has 1 unspecified atom stereocenters. The summed E-state index contributed by atoms with van der Waals surface area (Å²) in [4.78, 5) is 36.4. The van der Waals surface area contributed by atoms with Crippen molar-refractivity contribution in [3.05, 3.63) is 0 Å². The lowest BCUT2D eigenvalue weighted by Gasteiger charge is -2.28. The Morgan fingerprint density at radius 3 is 2.33 bits per heavy atom. The van der Waals surface area contributed by atoms with Gasteiger partial charge < -0.3 is 20.6 Å². The molecule has 21 heavy (non-hydrogen) atoms. The minimum atomic E-state index is -1.04. The van der Waals surface area contributed by atoms with E-state index in [1.807, 2.05) is 0 Å². The Bertz CT molecular complexity index is 416. The average molecular weight is 297 g/mol. The number of carbonyl (C=O) groups is 3. The molecule has 0 spiro atoms. The van der Waals surface area contributed by atoms with Gasteiger partial charge in [-0.15, -0.1) is 0 Å². The van der Waals surface area contributed by atoms with E-state index in [2.05, 4.69) is 10.6 Å². The zero-order chi connectivity index (χ0) is 15.4. The molecule has 2 aliphatic rings. The summed E-state index contributed by atoms with van der Waals surface area (Å²) in [6.07, 6.45) is 5.63. The summed E-state index contributed by atoms with van der Waals surface area (Å²) in [5, 5.41) is 14.4. The molecule has 7 heteroatoms. The second-order valence-electron chi connectivity index (χ2n) is 5.91. The van der Waals surface area contributed by atoms with Crippen molar-refractivity contribution < 1.29 is 19.5 Å². The van der Waals surface area contributed by atoms with Crippen LogP contribution in [0, 0.1) is 0 Å². The molecule has 2 rings (SSSR count). The highest BCUT2D eigenvalue weighted by atomic mass is 16.4. The van der Waals surface area contributed by atoms with Crippen LogP contribution in [0.4, 0.5) is 4.79 Å². The van der Waals surface area contributed by atoms with Gasteiger partial charge in [0.25, 0.3) is 0 Å². The molecule has 0 radical (unpaired) electrons. The van der Waals surface area contributed by atoms with Gasteiger partial charge in [0.2, 0.25) is 5.91 Å². The first-order chi connectivity index (χ1) is 9.97. The van der Waals surface area contributed by atoms with E-state index in [0.717, 1.165) is 38.5 Å². The van der Waals surface area contributed by atoms with E-state index in [-0.39, 0.29) is 24.5 Å². The number of hydrogen-bond donors (Lipinski definition) is 3. The van der Waals surface area contributed by atoms with Crippen LogP contribution in [-0.2, 0) is 9.59 Å². The fourth-order valence-corrected chi connectivity index (χ4v) is 2.62. The lowest BCUT2D eigenvalue weighted by molar-refractivity contribution is -0.138. The van der Waals surface area contributed by atoms with Crippen molar-refractivity contribution in [3.8, 4) is 0 Å². The molecule has 1 atom stereocenters. The summed E-state index contributed by atoms with van der Waals surface area (Å²) in [7, 11) is 0. The first-order valence-corrected chi connectivity index (χ1v) is 7.56. The van der Waals surface area contributed by atoms with Gasteiger partial charge in [0.1, 0.15) is 12.6 Å². The molecule has 2 saturated carbocycles. The van der Waals surface area contributed by atoms with Crippen molar-refractivity contribution in [1.29, 1.82) is 0 Å². The number of carboxylic acid groups (broad SMARTS) is 1. The number of rotatable bonds is 6. The number of urea groups is 1. The molecule has 0 aromatic rings. The van der Waals surface area contributed by atoms with Crippen molar-refractivity contribution >= 4 is 17.9 Å². The predicted octanol–water partition coefficient (Wildman–Crippen LogP) is 0.692. The van der Waals surface area contributed by atoms with Crippen molar-refractivity contribution in [2.75, 3.05) is 6.54 Å². The van der Waals surface area contributed by atoms with Gasteiger partial charge in [0, 0.05) is 12.1 Å². The van der Waals surface area contributed by atoms with E-state index < -0.39 is 18.0 Å². The predicted molar refractivity (Wildman–Crippen MR) is 75.8 cm³/mol. The zero-order valence-corrected chi connectivity index (χ0v) is 12.3. The molecule has 0 aromatic carbocycles. The maximum Gasteiger partial charge on any atom is 0.323 e. The molecular weight excluding hydrogens is 274 g/mol. The lowest BCUT2D eigenvalue weighted by atomic mass is 10.2. The number of amides is 3. The Hall–Kier alpha value is -1.79. The Morgan fingerprint density at radius 1 is 1.19 bits per heavy atom. The SMILES string of the molecule is CC(NC(=O)N(CC(=O)O)C1CCCC1)C(=O)NC1CC1. The Kier molecular flexibility index (Phi) is 5.03. The van der Waals surface area contributed by atoms with Crippen LogP contribution in [0.5, 0.6) is 0 Å². The molecule has 2 aliphatic carbocycles.